The van der Waals surface area contributed by atoms with Gasteiger partial charge in [0.2, 0.25) is 11.8 Å². The van der Waals surface area contributed by atoms with Crippen LogP contribution in [-0.2, 0) is 9.59 Å². The summed E-state index contributed by atoms with van der Waals surface area (Å²) in [6.45, 7) is 1.70. The lowest BCUT2D eigenvalue weighted by molar-refractivity contribution is -0.133. The minimum absolute atomic E-state index is 0.0182. The predicted molar refractivity (Wildman–Crippen MR) is 68.4 cm³/mol. The Kier molecular flexibility index (Phi) is 4.22. The van der Waals surface area contributed by atoms with Crippen LogP contribution in [0.25, 0.3) is 0 Å². The Morgan fingerprint density at radius 3 is 2.11 bits per heavy atom. The third-order valence-electron chi connectivity index (χ3n) is 4.38. The summed E-state index contributed by atoms with van der Waals surface area (Å²) in [6, 6.07) is -0.392. The van der Waals surface area contributed by atoms with Gasteiger partial charge in [-0.25, -0.2) is 0 Å². The molecule has 102 valence electrons. The number of primary amides is 1. The Bertz CT molecular complexity index is 318. The summed E-state index contributed by atoms with van der Waals surface area (Å²) in [5, 5.41) is 0. The zero-order valence-electron chi connectivity index (χ0n) is 10.8. The largest absolute Gasteiger partial charge is 0.369 e. The molecule has 1 saturated carbocycles. The van der Waals surface area contributed by atoms with Crippen LogP contribution in [0, 0.1) is 11.8 Å². The van der Waals surface area contributed by atoms with Gasteiger partial charge in [0.15, 0.2) is 0 Å². The Labute approximate surface area is 108 Å². The fraction of sp³-hybridized carbons (Fsp3) is 0.846. The van der Waals surface area contributed by atoms with Crippen molar-refractivity contribution in [2.45, 2.75) is 44.6 Å². The molecule has 1 aliphatic carbocycles. The minimum atomic E-state index is -0.392. The van der Waals surface area contributed by atoms with E-state index < -0.39 is 6.04 Å². The van der Waals surface area contributed by atoms with Crippen molar-refractivity contribution in [2.75, 3.05) is 13.1 Å². The molecule has 2 aliphatic rings. The molecule has 1 saturated heterocycles. The molecule has 0 aromatic heterocycles. The van der Waals surface area contributed by atoms with Crippen molar-refractivity contribution in [3.63, 3.8) is 0 Å². The Balaban J connectivity index is 1.84. The average Bonchev–Trinajstić information content (AvgIpc) is 2.91. The molecule has 5 nitrogen and oxygen atoms in total. The van der Waals surface area contributed by atoms with Gasteiger partial charge in [-0.15, -0.1) is 0 Å². The van der Waals surface area contributed by atoms with Crippen molar-refractivity contribution < 1.29 is 9.59 Å². The third-order valence-corrected chi connectivity index (χ3v) is 4.38. The monoisotopic (exact) mass is 253 g/mol. The van der Waals surface area contributed by atoms with E-state index >= 15 is 0 Å². The van der Waals surface area contributed by atoms with Crippen molar-refractivity contribution >= 4 is 11.8 Å². The maximum Gasteiger partial charge on any atom is 0.239 e. The van der Waals surface area contributed by atoms with E-state index in [0.29, 0.717) is 0 Å². The number of rotatable bonds is 3. The maximum atomic E-state index is 12.2. The van der Waals surface area contributed by atoms with Crippen LogP contribution in [0.2, 0.25) is 0 Å². The Morgan fingerprint density at radius 1 is 1.06 bits per heavy atom. The van der Waals surface area contributed by atoms with E-state index in [9.17, 15) is 9.59 Å². The van der Waals surface area contributed by atoms with E-state index in [1.54, 1.807) is 0 Å². The summed E-state index contributed by atoms with van der Waals surface area (Å²) >= 11 is 0. The molecule has 0 spiro atoms. The smallest absolute Gasteiger partial charge is 0.239 e. The summed E-state index contributed by atoms with van der Waals surface area (Å²) in [4.78, 5) is 25.1. The fourth-order valence-electron chi connectivity index (χ4n) is 3.11. The van der Waals surface area contributed by atoms with Crippen LogP contribution < -0.4 is 11.5 Å². The Hall–Kier alpha value is -1.10. The van der Waals surface area contributed by atoms with Gasteiger partial charge in [0, 0.05) is 19.0 Å². The molecule has 0 bridgehead atoms. The van der Waals surface area contributed by atoms with Gasteiger partial charge in [0.1, 0.15) is 0 Å². The number of nitrogens with zero attached hydrogens (tertiary/aromatic N) is 1. The van der Waals surface area contributed by atoms with Crippen LogP contribution in [0.3, 0.4) is 0 Å². The van der Waals surface area contributed by atoms with E-state index in [0.717, 1.165) is 51.6 Å². The highest BCUT2D eigenvalue weighted by atomic mass is 16.2. The van der Waals surface area contributed by atoms with Crippen LogP contribution in [0.5, 0.6) is 0 Å². The van der Waals surface area contributed by atoms with Gasteiger partial charge in [0.05, 0.1) is 6.04 Å². The molecule has 18 heavy (non-hydrogen) atoms. The molecule has 1 unspecified atom stereocenters. The summed E-state index contributed by atoms with van der Waals surface area (Å²) in [5.41, 5.74) is 11.4. The number of nitrogens with two attached hydrogens (primary N) is 2. The first-order valence-corrected chi connectivity index (χ1v) is 6.93. The lowest BCUT2D eigenvalue weighted by Crippen LogP contribution is -2.48. The van der Waals surface area contributed by atoms with Gasteiger partial charge in [-0.3, -0.25) is 9.59 Å². The summed E-state index contributed by atoms with van der Waals surface area (Å²) in [5.74, 6) is 0.0759. The number of carbonyl (C=O) groups is 2. The second-order valence-electron chi connectivity index (χ2n) is 5.57. The lowest BCUT2D eigenvalue weighted by atomic mass is 9.78. The first kappa shape index (κ1) is 13.3. The fourth-order valence-corrected chi connectivity index (χ4v) is 3.11. The maximum absolute atomic E-state index is 12.2. The van der Waals surface area contributed by atoms with E-state index in [1.807, 2.05) is 4.90 Å². The Morgan fingerprint density at radius 2 is 1.61 bits per heavy atom. The summed E-state index contributed by atoms with van der Waals surface area (Å²) < 4.78 is 0. The summed E-state index contributed by atoms with van der Waals surface area (Å²) in [7, 11) is 0. The quantitative estimate of drug-likeness (QED) is 0.754. The van der Waals surface area contributed by atoms with Crippen molar-refractivity contribution in [1.82, 2.24) is 4.90 Å². The lowest BCUT2D eigenvalue weighted by Gasteiger charge is -2.32. The number of hydrogen-bond donors (Lipinski definition) is 2. The highest BCUT2D eigenvalue weighted by Gasteiger charge is 2.33. The molecular formula is C13H23N3O2. The molecule has 0 aromatic rings. The molecule has 4 N–H and O–H groups in total. The van der Waals surface area contributed by atoms with E-state index in [-0.39, 0.29) is 23.7 Å². The number of carbonyl (C=O) groups excluding carboxylic acids is 2. The summed E-state index contributed by atoms with van der Waals surface area (Å²) in [6.07, 6.45) is 5.42. The van der Waals surface area contributed by atoms with Crippen LogP contribution in [0.15, 0.2) is 0 Å². The topological polar surface area (TPSA) is 89.4 Å². The van der Waals surface area contributed by atoms with Gasteiger partial charge >= 0.3 is 0 Å². The van der Waals surface area contributed by atoms with Crippen LogP contribution in [-0.4, -0.2) is 35.8 Å². The van der Waals surface area contributed by atoms with Gasteiger partial charge < -0.3 is 16.4 Å². The van der Waals surface area contributed by atoms with Crippen LogP contribution in [0.1, 0.15) is 38.5 Å². The molecule has 1 atom stereocenters. The van der Waals surface area contributed by atoms with E-state index in [1.165, 1.54) is 0 Å². The van der Waals surface area contributed by atoms with Gasteiger partial charge in [-0.05, 0) is 44.4 Å². The van der Waals surface area contributed by atoms with Crippen molar-refractivity contribution in [3.8, 4) is 0 Å². The van der Waals surface area contributed by atoms with Crippen LogP contribution >= 0.6 is 0 Å². The van der Waals surface area contributed by atoms with Crippen molar-refractivity contribution in [1.29, 1.82) is 0 Å². The van der Waals surface area contributed by atoms with Gasteiger partial charge in [-0.1, -0.05) is 0 Å². The first-order chi connectivity index (χ1) is 8.59. The van der Waals surface area contributed by atoms with Crippen molar-refractivity contribution in [3.05, 3.63) is 0 Å². The van der Waals surface area contributed by atoms with E-state index in [4.69, 9.17) is 11.5 Å². The predicted octanol–water partition coefficient (Wildman–Crippen LogP) is 0.228. The standard InChI is InChI=1S/C13H23N3O2/c14-11(13(18)16-7-1-2-8-16)9-3-5-10(6-4-9)12(15)17/h9-11H,1-8,14H2,(H2,15,17)/t9-,10-,11?. The number of likely N-dealkylation sites (tertiary alicyclic amines) is 1. The molecule has 2 fully saturated rings. The highest BCUT2D eigenvalue weighted by Crippen LogP contribution is 2.30. The molecular weight excluding hydrogens is 230 g/mol. The molecule has 1 heterocycles. The second-order valence-corrected chi connectivity index (χ2v) is 5.57. The van der Waals surface area contributed by atoms with Crippen molar-refractivity contribution in [2.24, 2.45) is 23.3 Å². The highest BCUT2D eigenvalue weighted by molar-refractivity contribution is 5.82. The first-order valence-electron chi connectivity index (χ1n) is 6.93. The van der Waals surface area contributed by atoms with E-state index in [2.05, 4.69) is 0 Å². The number of hydrogen-bond acceptors (Lipinski definition) is 3. The SMILES string of the molecule is NC(=O)[C@H]1CC[C@H](C(N)C(=O)N2CCCC2)CC1. The molecule has 0 aromatic carbocycles. The zero-order valence-corrected chi connectivity index (χ0v) is 10.8. The average molecular weight is 253 g/mol. The minimum Gasteiger partial charge on any atom is -0.369 e. The molecule has 2 amide bonds. The van der Waals surface area contributed by atoms with Gasteiger partial charge in [-0.2, -0.15) is 0 Å². The van der Waals surface area contributed by atoms with Gasteiger partial charge in [0.25, 0.3) is 0 Å². The molecule has 0 radical (unpaired) electrons. The van der Waals surface area contributed by atoms with Crippen LogP contribution in [0.4, 0.5) is 0 Å². The normalized spacial score (nSPS) is 30.2. The molecule has 2 rings (SSSR count). The molecule has 1 aliphatic heterocycles. The third kappa shape index (κ3) is 2.83. The zero-order chi connectivity index (χ0) is 13.1. The molecule has 5 heteroatoms. The second kappa shape index (κ2) is 5.69. The number of amides is 2.